The van der Waals surface area contributed by atoms with Crippen LogP contribution in [0, 0.1) is 13.8 Å². The summed E-state index contributed by atoms with van der Waals surface area (Å²) < 4.78 is 5.92. The second-order valence-electron chi connectivity index (χ2n) is 8.24. The van der Waals surface area contributed by atoms with Crippen molar-refractivity contribution in [2.45, 2.75) is 27.2 Å². The summed E-state index contributed by atoms with van der Waals surface area (Å²) in [5.74, 6) is -0.259. The Labute approximate surface area is 203 Å². The van der Waals surface area contributed by atoms with Gasteiger partial charge in [-0.2, -0.15) is 0 Å². The number of carbonyl (C=O) groups is 3. The number of imide groups is 1. The fourth-order valence-corrected chi connectivity index (χ4v) is 4.74. The molecule has 0 saturated carbocycles. The van der Waals surface area contributed by atoms with E-state index in [1.807, 2.05) is 75.4 Å². The molecule has 0 spiro atoms. The fraction of sp³-hybridized carbons (Fsp3) is 0.222. The maximum absolute atomic E-state index is 13.1. The normalized spacial score (nSPS) is 14.8. The average Bonchev–Trinajstić information content (AvgIpc) is 3.05. The number of carbonyl (C=O) groups excluding carboxylic acids is 3. The van der Waals surface area contributed by atoms with Crippen LogP contribution in [-0.2, 0) is 9.59 Å². The summed E-state index contributed by atoms with van der Waals surface area (Å²) in [6, 6.07) is 17.4. The van der Waals surface area contributed by atoms with Crippen molar-refractivity contribution in [2.24, 2.45) is 0 Å². The number of amides is 3. The van der Waals surface area contributed by atoms with E-state index < -0.39 is 17.1 Å². The number of hydrogen-bond donors (Lipinski definition) is 1. The number of ether oxygens (including phenoxy) is 1. The Morgan fingerprint density at radius 1 is 1.06 bits per heavy atom. The molecule has 1 aliphatic heterocycles. The predicted molar refractivity (Wildman–Crippen MR) is 137 cm³/mol. The zero-order chi connectivity index (χ0) is 24.2. The van der Waals surface area contributed by atoms with Gasteiger partial charge >= 0.3 is 0 Å². The van der Waals surface area contributed by atoms with E-state index >= 15 is 0 Å². The second kappa shape index (κ2) is 10.1. The minimum absolute atomic E-state index is 0.266. The van der Waals surface area contributed by atoms with E-state index in [0.717, 1.165) is 50.5 Å². The van der Waals surface area contributed by atoms with E-state index in [9.17, 15) is 14.4 Å². The Bertz CT molecular complexity index is 1290. The van der Waals surface area contributed by atoms with Gasteiger partial charge in [0, 0.05) is 11.3 Å². The molecule has 0 aromatic heterocycles. The molecule has 174 valence electrons. The molecule has 0 atom stereocenters. The molecule has 1 N–H and O–H groups in total. The van der Waals surface area contributed by atoms with Crippen LogP contribution in [0.3, 0.4) is 0 Å². The Balaban J connectivity index is 1.58. The van der Waals surface area contributed by atoms with E-state index in [-0.39, 0.29) is 11.4 Å². The molecule has 1 saturated heterocycles. The van der Waals surface area contributed by atoms with Crippen LogP contribution in [0.4, 0.5) is 10.5 Å². The molecule has 7 heteroatoms. The zero-order valence-electron chi connectivity index (χ0n) is 19.4. The smallest absolute Gasteiger partial charge is 0.294 e. The zero-order valence-corrected chi connectivity index (χ0v) is 20.2. The maximum atomic E-state index is 13.1. The molecule has 1 fully saturated rings. The lowest BCUT2D eigenvalue weighted by molar-refractivity contribution is -0.127. The number of rotatable bonds is 7. The molecule has 6 nitrogen and oxygen atoms in total. The first-order chi connectivity index (χ1) is 16.4. The van der Waals surface area contributed by atoms with Crippen molar-refractivity contribution in [1.82, 2.24) is 4.90 Å². The Morgan fingerprint density at radius 3 is 2.53 bits per heavy atom. The van der Waals surface area contributed by atoms with Gasteiger partial charge in [-0.05, 0) is 78.2 Å². The number of aryl methyl sites for hydroxylation is 2. The highest BCUT2D eigenvalue weighted by Crippen LogP contribution is 2.36. The Hall–Kier alpha value is -3.58. The highest BCUT2D eigenvalue weighted by atomic mass is 32.2. The lowest BCUT2D eigenvalue weighted by atomic mass is 10.0. The molecule has 0 unspecified atom stereocenters. The van der Waals surface area contributed by atoms with Crippen molar-refractivity contribution in [3.8, 4) is 5.75 Å². The van der Waals surface area contributed by atoms with Crippen LogP contribution in [0.5, 0.6) is 5.75 Å². The van der Waals surface area contributed by atoms with Crippen LogP contribution in [-0.4, -0.2) is 35.1 Å². The SMILES string of the molecule is CCCOc1ccc2ccccc2c1/C=C1\SC(=O)N(CC(=O)Nc2cc(C)cc(C)c2)C1=O. The highest BCUT2D eigenvalue weighted by molar-refractivity contribution is 8.18. The number of nitrogens with zero attached hydrogens (tertiary/aromatic N) is 1. The van der Waals surface area contributed by atoms with Gasteiger partial charge in [0.05, 0.1) is 11.5 Å². The predicted octanol–water partition coefficient (Wildman–Crippen LogP) is 5.92. The fourth-order valence-electron chi connectivity index (χ4n) is 3.92. The third kappa shape index (κ3) is 5.15. The average molecular weight is 475 g/mol. The van der Waals surface area contributed by atoms with Gasteiger partial charge in [0.1, 0.15) is 12.3 Å². The first-order valence-corrected chi connectivity index (χ1v) is 12.0. The second-order valence-corrected chi connectivity index (χ2v) is 9.23. The third-order valence-corrected chi connectivity index (χ3v) is 6.26. The van der Waals surface area contributed by atoms with Crippen molar-refractivity contribution in [1.29, 1.82) is 0 Å². The molecule has 3 aromatic carbocycles. The molecule has 0 radical (unpaired) electrons. The lowest BCUT2D eigenvalue weighted by Gasteiger charge is -2.13. The summed E-state index contributed by atoms with van der Waals surface area (Å²) in [6.45, 7) is 6.10. The van der Waals surface area contributed by atoms with Crippen molar-refractivity contribution < 1.29 is 19.1 Å². The molecule has 34 heavy (non-hydrogen) atoms. The van der Waals surface area contributed by atoms with E-state index in [1.54, 1.807) is 6.08 Å². The van der Waals surface area contributed by atoms with Crippen molar-refractivity contribution in [2.75, 3.05) is 18.5 Å². The van der Waals surface area contributed by atoms with Gasteiger partial charge < -0.3 is 10.1 Å². The van der Waals surface area contributed by atoms with Crippen LogP contribution in [0.1, 0.15) is 30.0 Å². The standard InChI is InChI=1S/C27H26N2O4S/c1-4-11-33-23-10-9-19-7-5-6-8-21(19)22(23)15-24-26(31)29(27(32)34-24)16-25(30)28-20-13-17(2)12-18(3)14-20/h5-10,12-15H,4,11,16H2,1-3H3,(H,28,30)/b24-15-. The largest absolute Gasteiger partial charge is 0.493 e. The summed E-state index contributed by atoms with van der Waals surface area (Å²) in [5, 5.41) is 4.24. The van der Waals surface area contributed by atoms with Gasteiger partial charge in [0.15, 0.2) is 0 Å². The molecular weight excluding hydrogens is 448 g/mol. The van der Waals surface area contributed by atoms with Crippen LogP contribution in [0.15, 0.2) is 59.5 Å². The number of nitrogens with one attached hydrogen (secondary N) is 1. The van der Waals surface area contributed by atoms with Gasteiger partial charge in [-0.15, -0.1) is 0 Å². The number of thioether (sulfide) groups is 1. The lowest BCUT2D eigenvalue weighted by Crippen LogP contribution is -2.36. The van der Waals surface area contributed by atoms with Gasteiger partial charge in [0.2, 0.25) is 5.91 Å². The van der Waals surface area contributed by atoms with E-state index in [0.29, 0.717) is 18.0 Å². The first-order valence-electron chi connectivity index (χ1n) is 11.1. The van der Waals surface area contributed by atoms with Crippen molar-refractivity contribution in [3.63, 3.8) is 0 Å². The Morgan fingerprint density at radius 2 is 1.79 bits per heavy atom. The van der Waals surface area contributed by atoms with E-state index in [2.05, 4.69) is 5.32 Å². The maximum Gasteiger partial charge on any atom is 0.294 e. The van der Waals surface area contributed by atoms with E-state index in [4.69, 9.17) is 4.74 Å². The third-order valence-electron chi connectivity index (χ3n) is 5.35. The first kappa shape index (κ1) is 23.6. The molecule has 0 aliphatic carbocycles. The van der Waals surface area contributed by atoms with Gasteiger partial charge in [-0.1, -0.05) is 43.3 Å². The topological polar surface area (TPSA) is 75.7 Å². The minimum atomic E-state index is -0.486. The van der Waals surface area contributed by atoms with Crippen molar-refractivity contribution >= 4 is 51.4 Å². The summed E-state index contributed by atoms with van der Waals surface area (Å²) >= 11 is 0.834. The molecule has 1 heterocycles. The summed E-state index contributed by atoms with van der Waals surface area (Å²) in [5.41, 5.74) is 3.41. The molecule has 3 amide bonds. The molecule has 4 rings (SSSR count). The van der Waals surface area contributed by atoms with Gasteiger partial charge in [0.25, 0.3) is 11.1 Å². The monoisotopic (exact) mass is 474 g/mol. The summed E-state index contributed by atoms with van der Waals surface area (Å²) in [7, 11) is 0. The minimum Gasteiger partial charge on any atom is -0.493 e. The molecule has 3 aromatic rings. The van der Waals surface area contributed by atoms with Gasteiger partial charge in [-0.3, -0.25) is 19.3 Å². The Kier molecular flexibility index (Phi) is 7.03. The van der Waals surface area contributed by atoms with Crippen LogP contribution in [0.25, 0.3) is 16.8 Å². The number of hydrogen-bond acceptors (Lipinski definition) is 5. The quantitative estimate of drug-likeness (QED) is 0.430. The number of anilines is 1. The van der Waals surface area contributed by atoms with Crippen LogP contribution in [0.2, 0.25) is 0 Å². The van der Waals surface area contributed by atoms with Crippen LogP contribution >= 0.6 is 11.8 Å². The number of fused-ring (bicyclic) bond motifs is 1. The summed E-state index contributed by atoms with van der Waals surface area (Å²) in [6.07, 6.45) is 2.54. The highest BCUT2D eigenvalue weighted by Gasteiger charge is 2.36. The molecular formula is C27H26N2O4S. The van der Waals surface area contributed by atoms with E-state index in [1.165, 1.54) is 0 Å². The summed E-state index contributed by atoms with van der Waals surface area (Å²) in [4.78, 5) is 39.5. The molecule has 0 bridgehead atoms. The number of benzene rings is 3. The van der Waals surface area contributed by atoms with Crippen LogP contribution < -0.4 is 10.1 Å². The molecule has 1 aliphatic rings. The van der Waals surface area contributed by atoms with Crippen molar-refractivity contribution in [3.05, 3.63) is 76.2 Å². The van der Waals surface area contributed by atoms with Gasteiger partial charge in [-0.25, -0.2) is 0 Å².